The molecular formula is C6H2F3O. The molecular weight excluding hydrogens is 145 g/mol. The van der Waals surface area contributed by atoms with Gasteiger partial charge in [0.25, 0.3) is 0 Å². The first-order chi connectivity index (χ1) is 4.61. The molecule has 4 heteroatoms. The van der Waals surface area contributed by atoms with Crippen molar-refractivity contribution in [1.29, 1.82) is 0 Å². The summed E-state index contributed by atoms with van der Waals surface area (Å²) in [6, 6.07) is 0.704. The van der Waals surface area contributed by atoms with Crippen LogP contribution in [0.4, 0.5) is 13.2 Å². The number of benzene rings is 1. The van der Waals surface area contributed by atoms with Crippen LogP contribution in [0.1, 0.15) is 0 Å². The van der Waals surface area contributed by atoms with Crippen LogP contribution in [0.5, 0.6) is 5.75 Å². The van der Waals surface area contributed by atoms with E-state index < -0.39 is 23.2 Å². The zero-order valence-corrected chi connectivity index (χ0v) is 4.70. The molecule has 1 aromatic carbocycles. The van der Waals surface area contributed by atoms with Crippen molar-refractivity contribution in [2.45, 2.75) is 0 Å². The summed E-state index contributed by atoms with van der Waals surface area (Å²) in [6.07, 6.45) is 0. The summed E-state index contributed by atoms with van der Waals surface area (Å²) in [5, 5.41) is 10.2. The third kappa shape index (κ3) is 1.05. The molecule has 0 fully saturated rings. The molecule has 1 rings (SSSR count). The van der Waals surface area contributed by atoms with E-state index in [1.807, 2.05) is 0 Å². The first-order valence-electron chi connectivity index (χ1n) is 2.43. The molecule has 1 radical (unpaired) electrons. The van der Waals surface area contributed by atoms with E-state index in [1.165, 1.54) is 0 Å². The summed E-state index contributed by atoms with van der Waals surface area (Å²) < 4.78 is 36.1. The maximum atomic E-state index is 12.1. The maximum Gasteiger partial charge on any atom is 0.220 e. The molecule has 0 atom stereocenters. The average Bonchev–Trinajstić information content (AvgIpc) is 1.82. The fourth-order valence-corrected chi connectivity index (χ4v) is 0.532. The molecule has 0 spiro atoms. The number of halogens is 3. The van der Waals surface area contributed by atoms with Crippen molar-refractivity contribution < 1.29 is 18.3 Å². The van der Waals surface area contributed by atoms with Crippen LogP contribution >= 0.6 is 0 Å². The summed E-state index contributed by atoms with van der Waals surface area (Å²) in [5.41, 5.74) is 0. The highest BCUT2D eigenvalue weighted by atomic mass is 19.2. The zero-order valence-electron chi connectivity index (χ0n) is 4.70. The number of rotatable bonds is 0. The Morgan fingerprint density at radius 2 is 1.70 bits per heavy atom. The third-order valence-electron chi connectivity index (χ3n) is 0.960. The Balaban J connectivity index is 3.31. The number of hydrogen-bond acceptors (Lipinski definition) is 0. The first-order valence-corrected chi connectivity index (χ1v) is 2.43. The van der Waals surface area contributed by atoms with Gasteiger partial charge in [-0.3, -0.25) is 5.11 Å². The SMILES string of the molecule is [O]c1cc(F)cc(F)c1F. The Labute approximate surface area is 54.7 Å². The van der Waals surface area contributed by atoms with Gasteiger partial charge in [-0.1, -0.05) is 0 Å². The highest BCUT2D eigenvalue weighted by Crippen LogP contribution is 2.19. The van der Waals surface area contributed by atoms with E-state index in [2.05, 4.69) is 0 Å². The van der Waals surface area contributed by atoms with E-state index in [1.54, 1.807) is 0 Å². The van der Waals surface area contributed by atoms with Crippen LogP contribution in [0.3, 0.4) is 0 Å². The Bertz CT molecular complexity index is 236. The molecule has 0 aromatic heterocycles. The van der Waals surface area contributed by atoms with E-state index in [4.69, 9.17) is 0 Å². The van der Waals surface area contributed by atoms with Gasteiger partial charge in [0.05, 0.1) is 0 Å². The standard InChI is InChI=1S/C6H2F3O/c7-3-1-4(8)6(9)5(10)2-3/h1-2H. The topological polar surface area (TPSA) is 19.9 Å². The van der Waals surface area contributed by atoms with Gasteiger partial charge in [0.1, 0.15) is 5.82 Å². The van der Waals surface area contributed by atoms with E-state index in [9.17, 15) is 18.3 Å². The van der Waals surface area contributed by atoms with Gasteiger partial charge in [0.2, 0.25) is 11.6 Å². The second-order valence-electron chi connectivity index (χ2n) is 1.70. The maximum absolute atomic E-state index is 12.1. The van der Waals surface area contributed by atoms with Gasteiger partial charge >= 0.3 is 0 Å². The molecule has 0 saturated heterocycles. The van der Waals surface area contributed by atoms with Crippen LogP contribution in [-0.4, -0.2) is 0 Å². The van der Waals surface area contributed by atoms with Crippen LogP contribution in [0.15, 0.2) is 12.1 Å². The van der Waals surface area contributed by atoms with Crippen LogP contribution in [0, 0.1) is 17.5 Å². The lowest BCUT2D eigenvalue weighted by molar-refractivity contribution is 0.316. The predicted octanol–water partition coefficient (Wildman–Crippen LogP) is 2.25. The van der Waals surface area contributed by atoms with E-state index in [0.717, 1.165) is 0 Å². The molecule has 0 aliphatic carbocycles. The lowest BCUT2D eigenvalue weighted by Gasteiger charge is -1.92. The van der Waals surface area contributed by atoms with Gasteiger partial charge in [-0.2, -0.15) is 4.39 Å². The quantitative estimate of drug-likeness (QED) is 0.501. The average molecular weight is 147 g/mol. The van der Waals surface area contributed by atoms with Gasteiger partial charge < -0.3 is 0 Å². The summed E-state index contributed by atoms with van der Waals surface area (Å²) in [6.45, 7) is 0. The van der Waals surface area contributed by atoms with E-state index >= 15 is 0 Å². The van der Waals surface area contributed by atoms with Crippen LogP contribution in [-0.2, 0) is 5.11 Å². The highest BCUT2D eigenvalue weighted by molar-refractivity contribution is 5.24. The fraction of sp³-hybridized carbons (Fsp3) is 0. The lowest BCUT2D eigenvalue weighted by atomic mass is 10.3. The largest absolute Gasteiger partial charge is 0.286 e. The number of hydrogen-bond donors (Lipinski definition) is 0. The van der Waals surface area contributed by atoms with Crippen molar-refractivity contribution in [3.05, 3.63) is 29.6 Å². The summed E-state index contributed by atoms with van der Waals surface area (Å²) in [5.74, 6) is -5.33. The van der Waals surface area contributed by atoms with Crippen LogP contribution in [0.25, 0.3) is 0 Å². The Kier molecular flexibility index (Phi) is 1.53. The molecule has 0 aliphatic rings. The Morgan fingerprint density at radius 1 is 1.10 bits per heavy atom. The summed E-state index contributed by atoms with van der Waals surface area (Å²) in [7, 11) is 0. The van der Waals surface area contributed by atoms with Crippen molar-refractivity contribution in [1.82, 2.24) is 0 Å². The Hall–Kier alpha value is -1.19. The normalized spacial score (nSPS) is 9.90. The van der Waals surface area contributed by atoms with Gasteiger partial charge in [-0.25, -0.2) is 8.78 Å². The molecule has 53 valence electrons. The van der Waals surface area contributed by atoms with Gasteiger partial charge in [-0.05, 0) is 0 Å². The highest BCUT2D eigenvalue weighted by Gasteiger charge is 2.10. The molecule has 0 bridgehead atoms. The first kappa shape index (κ1) is 6.92. The minimum absolute atomic E-state index is 0.316. The van der Waals surface area contributed by atoms with Gasteiger partial charge in [0.15, 0.2) is 5.82 Å². The molecule has 0 saturated carbocycles. The summed E-state index contributed by atoms with van der Waals surface area (Å²) >= 11 is 0. The second kappa shape index (κ2) is 2.21. The monoisotopic (exact) mass is 147 g/mol. The molecule has 1 nitrogen and oxygen atoms in total. The van der Waals surface area contributed by atoms with Crippen LogP contribution < -0.4 is 0 Å². The second-order valence-corrected chi connectivity index (χ2v) is 1.70. The van der Waals surface area contributed by atoms with Gasteiger partial charge in [-0.15, -0.1) is 0 Å². The molecule has 0 unspecified atom stereocenters. The van der Waals surface area contributed by atoms with Crippen molar-refractivity contribution in [2.75, 3.05) is 0 Å². The molecule has 0 amide bonds. The van der Waals surface area contributed by atoms with Crippen molar-refractivity contribution in [3.63, 3.8) is 0 Å². The summed E-state index contributed by atoms with van der Waals surface area (Å²) in [4.78, 5) is 0. The molecule has 10 heavy (non-hydrogen) atoms. The van der Waals surface area contributed by atoms with E-state index in [0.29, 0.717) is 12.1 Å². The van der Waals surface area contributed by atoms with E-state index in [-0.39, 0.29) is 0 Å². The Morgan fingerprint density at radius 3 is 2.20 bits per heavy atom. The third-order valence-corrected chi connectivity index (χ3v) is 0.960. The fourth-order valence-electron chi connectivity index (χ4n) is 0.532. The van der Waals surface area contributed by atoms with Crippen molar-refractivity contribution >= 4 is 0 Å². The molecule has 0 aliphatic heterocycles. The van der Waals surface area contributed by atoms with Crippen molar-refractivity contribution in [2.24, 2.45) is 0 Å². The molecule has 1 aromatic rings. The smallest absolute Gasteiger partial charge is 0.220 e. The van der Waals surface area contributed by atoms with Gasteiger partial charge in [0, 0.05) is 12.1 Å². The van der Waals surface area contributed by atoms with Crippen molar-refractivity contribution in [3.8, 4) is 5.75 Å². The zero-order chi connectivity index (χ0) is 7.72. The lowest BCUT2D eigenvalue weighted by Crippen LogP contribution is -1.85. The predicted molar refractivity (Wildman–Crippen MR) is 26.4 cm³/mol. The minimum Gasteiger partial charge on any atom is -0.286 e. The molecule has 0 heterocycles. The van der Waals surface area contributed by atoms with Crippen LogP contribution in [0.2, 0.25) is 0 Å². The minimum atomic E-state index is -1.54. The molecule has 0 N–H and O–H groups in total.